The van der Waals surface area contributed by atoms with E-state index in [4.69, 9.17) is 24.3 Å². The molecule has 210 valence electrons. The summed E-state index contributed by atoms with van der Waals surface area (Å²) in [7, 11) is 0.421. The van der Waals surface area contributed by atoms with Crippen molar-refractivity contribution in [2.45, 2.75) is 32.4 Å². The molecule has 40 heavy (non-hydrogen) atoms. The monoisotopic (exact) mass is 560 g/mol. The van der Waals surface area contributed by atoms with Crippen molar-refractivity contribution >= 4 is 42.3 Å². The molecular formula is C29H36N6O4Si. The number of carbonyl (C=O) groups is 1. The summed E-state index contributed by atoms with van der Waals surface area (Å²) in [5.41, 5.74) is 4.32. The Labute approximate surface area is 235 Å². The third-order valence-electron chi connectivity index (χ3n) is 5.96. The van der Waals surface area contributed by atoms with Crippen molar-refractivity contribution in [2.24, 2.45) is 0 Å². The van der Waals surface area contributed by atoms with E-state index >= 15 is 0 Å². The zero-order chi connectivity index (χ0) is 28.5. The summed E-state index contributed by atoms with van der Waals surface area (Å²) in [6.45, 7) is 12.4. The van der Waals surface area contributed by atoms with Gasteiger partial charge >= 0.3 is 0 Å². The average molecular weight is 561 g/mol. The van der Waals surface area contributed by atoms with E-state index in [1.807, 2.05) is 48.5 Å². The second kappa shape index (κ2) is 13.3. The molecule has 1 amide bonds. The molecule has 0 aliphatic heterocycles. The number of anilines is 3. The molecule has 2 N–H and O–H groups in total. The number of carbonyl (C=O) groups excluding carboxylic acids is 1. The van der Waals surface area contributed by atoms with E-state index < -0.39 is 8.07 Å². The number of methoxy groups -OCH3 is 1. The van der Waals surface area contributed by atoms with Crippen LogP contribution in [0, 0.1) is 0 Å². The average Bonchev–Trinajstić information content (AvgIpc) is 3.29. The molecule has 11 heteroatoms. The standard InChI is InChI=1S/C29H36N6O4Si/c1-6-26(36)31-23-9-7-8-21(18-23)27-28-25(35(34-27)20-38-16-17-40(3,4)5)19-30-29(33-28)32-22-10-12-24(13-11-22)39-15-14-37-2/h6-13,18-19H,1,14-17,20H2,2-5H3,(H,31,36)(H,30,32,33). The lowest BCUT2D eigenvalue weighted by molar-refractivity contribution is -0.111. The molecule has 0 unspecified atom stereocenters. The van der Waals surface area contributed by atoms with E-state index in [2.05, 4.69) is 41.8 Å². The molecule has 2 aromatic heterocycles. The van der Waals surface area contributed by atoms with Crippen LogP contribution in [-0.2, 0) is 21.0 Å². The van der Waals surface area contributed by atoms with Gasteiger partial charge in [0.2, 0.25) is 11.9 Å². The van der Waals surface area contributed by atoms with Gasteiger partial charge in [0.1, 0.15) is 35.8 Å². The van der Waals surface area contributed by atoms with Crippen molar-refractivity contribution in [3.63, 3.8) is 0 Å². The third-order valence-corrected chi connectivity index (χ3v) is 7.66. The number of fused-ring (bicyclic) bond motifs is 1. The molecule has 0 aliphatic rings. The zero-order valence-electron chi connectivity index (χ0n) is 23.4. The maximum absolute atomic E-state index is 11.9. The van der Waals surface area contributed by atoms with E-state index in [1.165, 1.54) is 6.08 Å². The minimum absolute atomic E-state index is 0.285. The first-order chi connectivity index (χ1) is 19.3. The van der Waals surface area contributed by atoms with Gasteiger partial charge in [-0.05, 0) is 48.5 Å². The van der Waals surface area contributed by atoms with E-state index in [-0.39, 0.29) is 12.6 Å². The number of rotatable bonds is 14. The zero-order valence-corrected chi connectivity index (χ0v) is 24.4. The molecule has 0 saturated carbocycles. The fourth-order valence-electron chi connectivity index (χ4n) is 3.79. The van der Waals surface area contributed by atoms with E-state index in [9.17, 15) is 4.79 Å². The molecule has 2 aromatic carbocycles. The van der Waals surface area contributed by atoms with Crippen molar-refractivity contribution < 1.29 is 19.0 Å². The summed E-state index contributed by atoms with van der Waals surface area (Å²) < 4.78 is 18.4. The Morgan fingerprint density at radius 3 is 2.60 bits per heavy atom. The Bertz CT molecular complexity index is 1450. The first kappa shape index (κ1) is 28.9. The van der Waals surface area contributed by atoms with Crippen LogP contribution < -0.4 is 15.4 Å². The normalized spacial score (nSPS) is 11.4. The highest BCUT2D eigenvalue weighted by Crippen LogP contribution is 2.30. The lowest BCUT2D eigenvalue weighted by Crippen LogP contribution is -2.22. The first-order valence-electron chi connectivity index (χ1n) is 13.1. The van der Waals surface area contributed by atoms with Gasteiger partial charge < -0.3 is 24.8 Å². The van der Waals surface area contributed by atoms with Crippen molar-refractivity contribution in [1.29, 1.82) is 0 Å². The van der Waals surface area contributed by atoms with Gasteiger partial charge in [-0.3, -0.25) is 4.79 Å². The van der Waals surface area contributed by atoms with E-state index in [0.29, 0.717) is 42.7 Å². The Morgan fingerprint density at radius 1 is 1.07 bits per heavy atom. The SMILES string of the molecule is C=CC(=O)Nc1cccc(-c2nn(COCC[Si](C)(C)C)c3cnc(Nc4ccc(OCCOC)cc4)nc23)c1. The van der Waals surface area contributed by atoms with Gasteiger partial charge in [0.25, 0.3) is 0 Å². The van der Waals surface area contributed by atoms with E-state index in [1.54, 1.807) is 18.0 Å². The maximum Gasteiger partial charge on any atom is 0.247 e. The number of aromatic nitrogens is 4. The molecule has 2 heterocycles. The van der Waals surface area contributed by atoms with Crippen LogP contribution in [0.4, 0.5) is 17.3 Å². The van der Waals surface area contributed by atoms with Crippen LogP contribution >= 0.6 is 0 Å². The molecule has 0 atom stereocenters. The second-order valence-electron chi connectivity index (χ2n) is 10.4. The molecule has 0 bridgehead atoms. The van der Waals surface area contributed by atoms with Crippen molar-refractivity contribution in [3.8, 4) is 17.0 Å². The van der Waals surface area contributed by atoms with Gasteiger partial charge in [0.05, 0.1) is 12.8 Å². The van der Waals surface area contributed by atoms with Crippen LogP contribution in [0.15, 0.2) is 67.4 Å². The summed E-state index contributed by atoms with van der Waals surface area (Å²) >= 11 is 0. The van der Waals surface area contributed by atoms with Crippen molar-refractivity contribution in [1.82, 2.24) is 19.7 Å². The molecule has 10 nitrogen and oxygen atoms in total. The molecular weight excluding hydrogens is 524 g/mol. The molecule has 4 rings (SSSR count). The number of ether oxygens (including phenoxy) is 3. The third kappa shape index (κ3) is 7.98. The van der Waals surface area contributed by atoms with Crippen LogP contribution in [-0.4, -0.2) is 60.7 Å². The quantitative estimate of drug-likeness (QED) is 0.115. The fourth-order valence-corrected chi connectivity index (χ4v) is 4.54. The van der Waals surface area contributed by atoms with Gasteiger partial charge in [-0.15, -0.1) is 0 Å². The van der Waals surface area contributed by atoms with Crippen LogP contribution in [0.25, 0.3) is 22.3 Å². The number of hydrogen-bond donors (Lipinski definition) is 2. The summed E-state index contributed by atoms with van der Waals surface area (Å²) in [4.78, 5) is 21.2. The fraction of sp³-hybridized carbons (Fsp3) is 0.310. The maximum atomic E-state index is 11.9. The predicted molar refractivity (Wildman–Crippen MR) is 161 cm³/mol. The number of nitrogens with zero attached hydrogens (tertiary/aromatic N) is 4. The lowest BCUT2D eigenvalue weighted by Gasteiger charge is -2.15. The summed E-state index contributed by atoms with van der Waals surface area (Å²) in [6.07, 6.45) is 2.98. The van der Waals surface area contributed by atoms with Gasteiger partial charge in [-0.1, -0.05) is 38.4 Å². The Hall–Kier alpha value is -4.06. The highest BCUT2D eigenvalue weighted by molar-refractivity contribution is 6.76. The number of benzene rings is 2. The highest BCUT2D eigenvalue weighted by atomic mass is 28.3. The van der Waals surface area contributed by atoms with Crippen LogP contribution in [0.3, 0.4) is 0 Å². The molecule has 4 aromatic rings. The van der Waals surface area contributed by atoms with Crippen LogP contribution in [0.2, 0.25) is 25.7 Å². The van der Waals surface area contributed by atoms with Gasteiger partial charge in [0.15, 0.2) is 0 Å². The minimum Gasteiger partial charge on any atom is -0.491 e. The Morgan fingerprint density at radius 2 is 1.88 bits per heavy atom. The highest BCUT2D eigenvalue weighted by Gasteiger charge is 2.17. The number of hydrogen-bond acceptors (Lipinski definition) is 8. The number of nitrogens with one attached hydrogen (secondary N) is 2. The lowest BCUT2D eigenvalue weighted by atomic mass is 10.1. The van der Waals surface area contributed by atoms with Crippen LogP contribution in [0.1, 0.15) is 0 Å². The van der Waals surface area contributed by atoms with Crippen molar-refractivity contribution in [2.75, 3.05) is 37.6 Å². The largest absolute Gasteiger partial charge is 0.491 e. The Balaban J connectivity index is 1.62. The second-order valence-corrected chi connectivity index (χ2v) is 16.0. The predicted octanol–water partition coefficient (Wildman–Crippen LogP) is 5.70. The van der Waals surface area contributed by atoms with Crippen LogP contribution in [0.5, 0.6) is 5.75 Å². The van der Waals surface area contributed by atoms with E-state index in [0.717, 1.165) is 28.6 Å². The van der Waals surface area contributed by atoms with Gasteiger partial charge in [-0.25, -0.2) is 14.6 Å². The molecule has 0 fully saturated rings. The first-order valence-corrected chi connectivity index (χ1v) is 16.8. The molecule has 0 saturated heterocycles. The minimum atomic E-state index is -1.22. The smallest absolute Gasteiger partial charge is 0.247 e. The topological polar surface area (TPSA) is 112 Å². The molecule has 0 radical (unpaired) electrons. The molecule has 0 aliphatic carbocycles. The number of amides is 1. The van der Waals surface area contributed by atoms with Gasteiger partial charge in [0, 0.05) is 38.7 Å². The molecule has 0 spiro atoms. The van der Waals surface area contributed by atoms with Gasteiger partial charge in [-0.2, -0.15) is 5.10 Å². The summed E-state index contributed by atoms with van der Waals surface area (Å²) in [5.74, 6) is 0.893. The van der Waals surface area contributed by atoms with Crippen molar-refractivity contribution in [3.05, 3.63) is 67.4 Å². The summed E-state index contributed by atoms with van der Waals surface area (Å²) in [5, 5.41) is 10.9. The summed E-state index contributed by atoms with van der Waals surface area (Å²) in [6, 6.07) is 16.1. The Kier molecular flexibility index (Phi) is 9.64.